The summed E-state index contributed by atoms with van der Waals surface area (Å²) in [6.45, 7) is 10.0. The number of para-hydroxylation sites is 1. The maximum Gasteiger partial charge on any atom is 0.123 e. The highest BCUT2D eigenvalue weighted by molar-refractivity contribution is 5.33. The van der Waals surface area contributed by atoms with Crippen LogP contribution in [0.2, 0.25) is 0 Å². The average Bonchev–Trinajstić information content (AvgIpc) is 2.97. The van der Waals surface area contributed by atoms with Crippen LogP contribution < -0.4 is 4.74 Å². The van der Waals surface area contributed by atoms with Crippen LogP contribution in [0.4, 0.5) is 0 Å². The van der Waals surface area contributed by atoms with E-state index in [9.17, 15) is 0 Å². The summed E-state index contributed by atoms with van der Waals surface area (Å²) in [5.74, 6) is 1.01. The van der Waals surface area contributed by atoms with Gasteiger partial charge in [-0.15, -0.1) is 0 Å². The van der Waals surface area contributed by atoms with Crippen molar-refractivity contribution in [2.24, 2.45) is 7.05 Å². The van der Waals surface area contributed by atoms with Gasteiger partial charge in [0.25, 0.3) is 0 Å². The van der Waals surface area contributed by atoms with Crippen molar-refractivity contribution in [1.29, 1.82) is 0 Å². The fraction of sp³-hybridized carbons (Fsp3) is 0.556. The zero-order valence-electron chi connectivity index (χ0n) is 14.9. The largest absolute Gasteiger partial charge is 0.494 e. The van der Waals surface area contributed by atoms with E-state index in [0.29, 0.717) is 12.6 Å². The maximum absolute atomic E-state index is 5.75. The van der Waals surface area contributed by atoms with Gasteiger partial charge in [-0.1, -0.05) is 18.2 Å². The second kappa shape index (κ2) is 7.77. The highest BCUT2D eigenvalue weighted by Gasteiger charge is 2.24. The summed E-state index contributed by atoms with van der Waals surface area (Å²) in [6, 6.07) is 8.86. The molecule has 130 valence electrons. The summed E-state index contributed by atoms with van der Waals surface area (Å²) in [4.78, 5) is 6.62. The monoisotopic (exact) mass is 329 g/mol. The minimum atomic E-state index is 0.500. The van der Waals surface area contributed by atoms with Gasteiger partial charge in [-0.3, -0.25) is 9.80 Å². The quantitative estimate of drug-likeness (QED) is 0.810. The van der Waals surface area contributed by atoms with Crippen molar-refractivity contribution >= 4 is 0 Å². The van der Waals surface area contributed by atoms with Crippen molar-refractivity contribution in [2.75, 3.05) is 26.2 Å². The van der Waals surface area contributed by atoms with E-state index < -0.39 is 0 Å². The molecule has 1 saturated heterocycles. The van der Waals surface area contributed by atoms with Gasteiger partial charge in [0.05, 0.1) is 18.5 Å². The highest BCUT2D eigenvalue weighted by atomic mass is 16.5. The molecule has 6 heteroatoms. The van der Waals surface area contributed by atoms with Gasteiger partial charge >= 0.3 is 0 Å². The van der Waals surface area contributed by atoms with Gasteiger partial charge in [-0.05, 0) is 19.9 Å². The third-order valence-electron chi connectivity index (χ3n) is 4.53. The van der Waals surface area contributed by atoms with Crippen LogP contribution in [0, 0.1) is 0 Å². The van der Waals surface area contributed by atoms with Crippen LogP contribution >= 0.6 is 0 Å². The molecule has 1 fully saturated rings. The molecule has 0 bridgehead atoms. The van der Waals surface area contributed by atoms with Gasteiger partial charge < -0.3 is 4.74 Å². The predicted molar refractivity (Wildman–Crippen MR) is 93.8 cm³/mol. The first-order valence-corrected chi connectivity index (χ1v) is 8.68. The van der Waals surface area contributed by atoms with Gasteiger partial charge in [0.2, 0.25) is 0 Å². The lowest BCUT2D eigenvalue weighted by Crippen LogP contribution is -2.51. The molecule has 6 nitrogen and oxygen atoms in total. The summed E-state index contributed by atoms with van der Waals surface area (Å²) >= 11 is 0. The van der Waals surface area contributed by atoms with E-state index >= 15 is 0 Å². The summed E-state index contributed by atoms with van der Waals surface area (Å²) in [7, 11) is 1.86. The van der Waals surface area contributed by atoms with Gasteiger partial charge in [0.1, 0.15) is 5.75 Å². The number of piperazine rings is 1. The summed E-state index contributed by atoms with van der Waals surface area (Å²) in [5.41, 5.74) is 2.31. The van der Waals surface area contributed by atoms with Crippen molar-refractivity contribution in [3.05, 3.63) is 41.7 Å². The molecule has 0 radical (unpaired) electrons. The molecule has 2 aromatic rings. The molecular formula is C18H27N5O. The van der Waals surface area contributed by atoms with E-state index in [1.807, 2.05) is 26.2 Å². The minimum absolute atomic E-state index is 0.500. The molecular weight excluding hydrogens is 302 g/mol. The van der Waals surface area contributed by atoms with Gasteiger partial charge in [0, 0.05) is 51.4 Å². The number of rotatable bonds is 6. The molecule has 3 rings (SSSR count). The molecule has 2 heterocycles. The third kappa shape index (κ3) is 4.13. The third-order valence-corrected chi connectivity index (χ3v) is 4.53. The van der Waals surface area contributed by atoms with Crippen LogP contribution in [0.1, 0.15) is 25.1 Å². The molecule has 0 spiro atoms. The topological polar surface area (TPSA) is 46.4 Å². The van der Waals surface area contributed by atoms with Crippen LogP contribution in [0.15, 0.2) is 30.5 Å². The first-order chi connectivity index (χ1) is 11.7. The number of ether oxygens (including phenoxy) is 1. The Kier molecular flexibility index (Phi) is 5.48. The fourth-order valence-corrected chi connectivity index (χ4v) is 3.29. The van der Waals surface area contributed by atoms with Crippen molar-refractivity contribution in [2.45, 2.75) is 33.0 Å². The SMILES string of the molecule is CCOc1ccccc1CN1CCN(Cc2cnn(C)n2)C(C)C1. The van der Waals surface area contributed by atoms with Crippen LogP contribution in [-0.2, 0) is 20.1 Å². The highest BCUT2D eigenvalue weighted by Crippen LogP contribution is 2.22. The van der Waals surface area contributed by atoms with E-state index in [1.165, 1.54) is 5.56 Å². The Bertz CT molecular complexity index is 656. The summed E-state index contributed by atoms with van der Waals surface area (Å²) in [5, 5.41) is 8.55. The molecule has 0 N–H and O–H groups in total. The number of nitrogens with zero attached hydrogens (tertiary/aromatic N) is 5. The first-order valence-electron chi connectivity index (χ1n) is 8.68. The Balaban J connectivity index is 1.57. The molecule has 1 aliphatic rings. The number of aromatic nitrogens is 3. The average molecular weight is 329 g/mol. The molecule has 1 aromatic carbocycles. The zero-order chi connectivity index (χ0) is 16.9. The second-order valence-corrected chi connectivity index (χ2v) is 6.42. The summed E-state index contributed by atoms with van der Waals surface area (Å²) < 4.78 is 5.75. The zero-order valence-corrected chi connectivity index (χ0v) is 14.9. The predicted octanol–water partition coefficient (Wildman–Crippen LogP) is 1.92. The van der Waals surface area contributed by atoms with Crippen LogP contribution in [0.25, 0.3) is 0 Å². The number of aryl methyl sites for hydroxylation is 1. The summed E-state index contributed by atoms with van der Waals surface area (Å²) in [6.07, 6.45) is 1.86. The Morgan fingerprint density at radius 1 is 1.21 bits per heavy atom. The second-order valence-electron chi connectivity index (χ2n) is 6.42. The molecule has 1 atom stereocenters. The lowest BCUT2D eigenvalue weighted by Gasteiger charge is -2.39. The molecule has 1 aliphatic heterocycles. The molecule has 1 aromatic heterocycles. The van der Waals surface area contributed by atoms with Crippen LogP contribution in [-0.4, -0.2) is 57.1 Å². The number of benzene rings is 1. The van der Waals surface area contributed by atoms with E-state index in [0.717, 1.165) is 44.2 Å². The Labute approximate surface area is 144 Å². The molecule has 24 heavy (non-hydrogen) atoms. The minimum Gasteiger partial charge on any atom is -0.494 e. The Morgan fingerprint density at radius 2 is 2.04 bits per heavy atom. The Morgan fingerprint density at radius 3 is 2.75 bits per heavy atom. The lowest BCUT2D eigenvalue weighted by molar-refractivity contribution is 0.0716. The molecule has 0 aliphatic carbocycles. The standard InChI is InChI=1S/C18H27N5O/c1-4-24-18-8-6-5-7-16(18)13-22-9-10-23(15(2)12-22)14-17-11-19-21(3)20-17/h5-8,11,15H,4,9-10,12-14H2,1-3H3. The van der Waals surface area contributed by atoms with Crippen molar-refractivity contribution in [3.63, 3.8) is 0 Å². The molecule has 0 amide bonds. The lowest BCUT2D eigenvalue weighted by atomic mass is 10.1. The smallest absolute Gasteiger partial charge is 0.123 e. The fourth-order valence-electron chi connectivity index (χ4n) is 3.29. The number of hydrogen-bond donors (Lipinski definition) is 0. The van der Waals surface area contributed by atoms with E-state index in [2.05, 4.69) is 45.1 Å². The molecule has 1 unspecified atom stereocenters. The van der Waals surface area contributed by atoms with Gasteiger partial charge in [-0.25, -0.2) is 0 Å². The Hall–Kier alpha value is -1.92. The van der Waals surface area contributed by atoms with Gasteiger partial charge in [-0.2, -0.15) is 15.0 Å². The van der Waals surface area contributed by atoms with E-state index in [-0.39, 0.29) is 0 Å². The van der Waals surface area contributed by atoms with Crippen molar-refractivity contribution < 1.29 is 4.74 Å². The van der Waals surface area contributed by atoms with Crippen molar-refractivity contribution in [3.8, 4) is 5.75 Å². The van der Waals surface area contributed by atoms with E-state index in [1.54, 1.807) is 4.80 Å². The van der Waals surface area contributed by atoms with Crippen LogP contribution in [0.3, 0.4) is 0 Å². The first kappa shape index (κ1) is 16.9. The maximum atomic E-state index is 5.75. The normalized spacial score (nSPS) is 19.5. The van der Waals surface area contributed by atoms with Crippen LogP contribution in [0.5, 0.6) is 5.75 Å². The number of hydrogen-bond acceptors (Lipinski definition) is 5. The van der Waals surface area contributed by atoms with Crippen molar-refractivity contribution in [1.82, 2.24) is 24.8 Å². The van der Waals surface area contributed by atoms with E-state index in [4.69, 9.17) is 4.74 Å². The molecule has 0 saturated carbocycles. The van der Waals surface area contributed by atoms with Gasteiger partial charge in [0.15, 0.2) is 0 Å².